The van der Waals surface area contributed by atoms with Gasteiger partial charge in [-0.3, -0.25) is 4.79 Å². The maximum Gasteiger partial charge on any atom is 0.172 e. The van der Waals surface area contributed by atoms with E-state index in [1.54, 1.807) is 11.3 Å². The van der Waals surface area contributed by atoms with Crippen LogP contribution in [0.1, 0.15) is 35.4 Å². The third kappa shape index (κ3) is 5.00. The Morgan fingerprint density at radius 3 is 2.85 bits per heavy atom. The van der Waals surface area contributed by atoms with Gasteiger partial charge in [-0.25, -0.2) is 0 Å². The smallest absolute Gasteiger partial charge is 0.172 e. The third-order valence-electron chi connectivity index (χ3n) is 4.15. The SMILES string of the molecule is CN1CCC(CN(C)CCCC(=O)c2cccs2)CC1. The normalized spacial score (nSPS) is 17.8. The van der Waals surface area contributed by atoms with Gasteiger partial charge in [-0.2, -0.15) is 0 Å². The van der Waals surface area contributed by atoms with Gasteiger partial charge in [0.1, 0.15) is 0 Å². The van der Waals surface area contributed by atoms with Crippen molar-refractivity contribution in [2.24, 2.45) is 5.92 Å². The highest BCUT2D eigenvalue weighted by Gasteiger charge is 2.18. The van der Waals surface area contributed by atoms with Crippen molar-refractivity contribution in [3.8, 4) is 0 Å². The van der Waals surface area contributed by atoms with Gasteiger partial charge in [-0.15, -0.1) is 11.3 Å². The molecule has 3 nitrogen and oxygen atoms in total. The van der Waals surface area contributed by atoms with Gasteiger partial charge in [0.15, 0.2) is 5.78 Å². The molecule has 2 heterocycles. The molecule has 0 radical (unpaired) electrons. The number of likely N-dealkylation sites (tertiary alicyclic amines) is 1. The van der Waals surface area contributed by atoms with Crippen molar-refractivity contribution >= 4 is 17.1 Å². The average Bonchev–Trinajstić information content (AvgIpc) is 2.95. The average molecular weight is 294 g/mol. The van der Waals surface area contributed by atoms with E-state index in [1.807, 2.05) is 17.5 Å². The van der Waals surface area contributed by atoms with Crippen molar-refractivity contribution in [2.45, 2.75) is 25.7 Å². The molecule has 0 N–H and O–H groups in total. The lowest BCUT2D eigenvalue weighted by atomic mass is 9.96. The molecule has 1 saturated heterocycles. The lowest BCUT2D eigenvalue weighted by Crippen LogP contribution is -2.36. The molecule has 2 rings (SSSR count). The highest BCUT2D eigenvalue weighted by molar-refractivity contribution is 7.12. The number of thiophene rings is 1. The van der Waals surface area contributed by atoms with E-state index in [1.165, 1.54) is 32.5 Å². The number of ketones is 1. The molecule has 0 unspecified atom stereocenters. The minimum atomic E-state index is 0.299. The maximum absolute atomic E-state index is 11.9. The van der Waals surface area contributed by atoms with Crippen molar-refractivity contribution in [1.29, 1.82) is 0 Å². The second-order valence-electron chi connectivity index (χ2n) is 6.01. The van der Waals surface area contributed by atoms with E-state index >= 15 is 0 Å². The summed E-state index contributed by atoms with van der Waals surface area (Å²) >= 11 is 1.55. The van der Waals surface area contributed by atoms with Crippen LogP contribution in [0.15, 0.2) is 17.5 Å². The molecule has 20 heavy (non-hydrogen) atoms. The number of hydrogen-bond donors (Lipinski definition) is 0. The first-order valence-corrected chi connectivity index (χ1v) is 8.47. The summed E-state index contributed by atoms with van der Waals surface area (Å²) in [6, 6.07) is 3.87. The van der Waals surface area contributed by atoms with Crippen LogP contribution < -0.4 is 0 Å². The first-order valence-electron chi connectivity index (χ1n) is 7.59. The predicted molar refractivity (Wildman–Crippen MR) is 85.6 cm³/mol. The minimum Gasteiger partial charge on any atom is -0.306 e. The number of nitrogens with zero attached hydrogens (tertiary/aromatic N) is 2. The molecule has 112 valence electrons. The number of rotatable bonds is 7. The fourth-order valence-corrected chi connectivity index (χ4v) is 3.54. The van der Waals surface area contributed by atoms with E-state index in [4.69, 9.17) is 0 Å². The summed E-state index contributed by atoms with van der Waals surface area (Å²) in [6.45, 7) is 4.68. The highest BCUT2D eigenvalue weighted by Crippen LogP contribution is 2.17. The van der Waals surface area contributed by atoms with Crippen LogP contribution in [0.2, 0.25) is 0 Å². The zero-order chi connectivity index (χ0) is 14.4. The monoisotopic (exact) mass is 294 g/mol. The number of hydrogen-bond acceptors (Lipinski definition) is 4. The molecule has 1 aliphatic rings. The summed E-state index contributed by atoms with van der Waals surface area (Å²) in [4.78, 5) is 17.6. The molecule has 1 aromatic heterocycles. The van der Waals surface area contributed by atoms with Gasteiger partial charge < -0.3 is 9.80 Å². The van der Waals surface area contributed by atoms with Crippen LogP contribution in [0.5, 0.6) is 0 Å². The van der Waals surface area contributed by atoms with Gasteiger partial charge in [0.05, 0.1) is 4.88 Å². The largest absolute Gasteiger partial charge is 0.306 e. The van der Waals surface area contributed by atoms with Crippen molar-refractivity contribution < 1.29 is 4.79 Å². The number of Topliss-reactive ketones (excluding diaryl/α,β-unsaturated/α-hetero) is 1. The molecular formula is C16H26N2OS. The van der Waals surface area contributed by atoms with Gasteiger partial charge >= 0.3 is 0 Å². The third-order valence-corrected chi connectivity index (χ3v) is 5.06. The van der Waals surface area contributed by atoms with Crippen molar-refractivity contribution in [3.63, 3.8) is 0 Å². The van der Waals surface area contributed by atoms with Crippen LogP contribution >= 0.6 is 11.3 Å². The Labute approximate surface area is 126 Å². The Balaban J connectivity index is 1.60. The first-order chi connectivity index (χ1) is 9.65. The lowest BCUT2D eigenvalue weighted by Gasteiger charge is -2.31. The summed E-state index contributed by atoms with van der Waals surface area (Å²) in [5.74, 6) is 1.14. The molecule has 1 aromatic rings. The zero-order valence-corrected chi connectivity index (χ0v) is 13.5. The fraction of sp³-hybridized carbons (Fsp3) is 0.688. The maximum atomic E-state index is 11.9. The molecule has 0 atom stereocenters. The molecule has 0 aromatic carbocycles. The molecule has 0 spiro atoms. The van der Waals surface area contributed by atoms with Crippen LogP contribution in [0, 0.1) is 5.92 Å². The summed E-state index contributed by atoms with van der Waals surface area (Å²) in [5, 5.41) is 1.97. The topological polar surface area (TPSA) is 23.6 Å². The van der Waals surface area contributed by atoms with Crippen molar-refractivity contribution in [3.05, 3.63) is 22.4 Å². The molecule has 1 fully saturated rings. The van der Waals surface area contributed by atoms with E-state index in [9.17, 15) is 4.79 Å². The van der Waals surface area contributed by atoms with Crippen molar-refractivity contribution in [1.82, 2.24) is 9.80 Å². The van der Waals surface area contributed by atoms with Gasteiger partial charge in [0, 0.05) is 13.0 Å². The Bertz CT molecular complexity index is 397. The van der Waals surface area contributed by atoms with E-state index < -0.39 is 0 Å². The second kappa shape index (κ2) is 7.91. The van der Waals surface area contributed by atoms with Gasteiger partial charge in [0.2, 0.25) is 0 Å². The van der Waals surface area contributed by atoms with Gasteiger partial charge in [-0.05, 0) is 70.4 Å². The van der Waals surface area contributed by atoms with Crippen LogP contribution in [0.4, 0.5) is 0 Å². The molecular weight excluding hydrogens is 268 g/mol. The Morgan fingerprint density at radius 1 is 1.45 bits per heavy atom. The van der Waals surface area contributed by atoms with Crippen LogP contribution in [0.25, 0.3) is 0 Å². The Morgan fingerprint density at radius 2 is 2.20 bits per heavy atom. The molecule has 0 aliphatic carbocycles. The lowest BCUT2D eigenvalue weighted by molar-refractivity contribution is 0.0978. The standard InChI is InChI=1S/C16H26N2OS/c1-17-10-7-14(8-11-17)13-18(2)9-3-5-15(19)16-6-4-12-20-16/h4,6,12,14H,3,5,7-11,13H2,1-2H3. The molecule has 4 heteroatoms. The van der Waals surface area contributed by atoms with E-state index in [0.717, 1.165) is 23.8 Å². The zero-order valence-electron chi connectivity index (χ0n) is 12.7. The van der Waals surface area contributed by atoms with Gasteiger partial charge in [-0.1, -0.05) is 6.07 Å². The Hall–Kier alpha value is -0.710. The van der Waals surface area contributed by atoms with Crippen molar-refractivity contribution in [2.75, 3.05) is 40.3 Å². The summed E-state index contributed by atoms with van der Waals surface area (Å²) in [6.07, 6.45) is 4.28. The van der Waals surface area contributed by atoms with Crippen LogP contribution in [0.3, 0.4) is 0 Å². The van der Waals surface area contributed by atoms with Crippen LogP contribution in [-0.4, -0.2) is 55.9 Å². The summed E-state index contributed by atoms with van der Waals surface area (Å²) < 4.78 is 0. The summed E-state index contributed by atoms with van der Waals surface area (Å²) in [7, 11) is 4.39. The molecule has 0 bridgehead atoms. The molecule has 0 amide bonds. The predicted octanol–water partition coefficient (Wildman–Crippen LogP) is 2.98. The number of carbonyl (C=O) groups is 1. The van der Waals surface area contributed by atoms with E-state index in [0.29, 0.717) is 12.2 Å². The van der Waals surface area contributed by atoms with E-state index in [2.05, 4.69) is 23.9 Å². The second-order valence-corrected chi connectivity index (χ2v) is 6.96. The minimum absolute atomic E-state index is 0.299. The number of piperidine rings is 1. The van der Waals surface area contributed by atoms with Crippen LogP contribution in [-0.2, 0) is 0 Å². The fourth-order valence-electron chi connectivity index (χ4n) is 2.85. The molecule has 0 saturated carbocycles. The quantitative estimate of drug-likeness (QED) is 0.722. The van der Waals surface area contributed by atoms with E-state index in [-0.39, 0.29) is 0 Å². The Kier molecular flexibility index (Phi) is 6.20. The molecule has 1 aliphatic heterocycles. The number of carbonyl (C=O) groups excluding carboxylic acids is 1. The van der Waals surface area contributed by atoms with Gasteiger partial charge in [0.25, 0.3) is 0 Å². The summed E-state index contributed by atoms with van der Waals surface area (Å²) in [5.41, 5.74) is 0. The first kappa shape index (κ1) is 15.7. The highest BCUT2D eigenvalue weighted by atomic mass is 32.1.